The van der Waals surface area contributed by atoms with Crippen molar-refractivity contribution >= 4 is 19.2 Å². The third-order valence-electron chi connectivity index (χ3n) is 4.10. The van der Waals surface area contributed by atoms with Crippen molar-refractivity contribution in [2.45, 2.75) is 38.9 Å². The lowest BCUT2D eigenvalue weighted by molar-refractivity contribution is 0.00578. The number of aliphatic hydroxyl groups excluding tert-OH is 1. The van der Waals surface area contributed by atoms with Crippen molar-refractivity contribution in [2.75, 3.05) is 6.61 Å². The summed E-state index contributed by atoms with van der Waals surface area (Å²) >= 11 is 0. The fourth-order valence-corrected chi connectivity index (χ4v) is 2.03. The van der Waals surface area contributed by atoms with Crippen LogP contribution in [-0.2, 0) is 9.31 Å². The van der Waals surface area contributed by atoms with Crippen LogP contribution in [0.25, 0.3) is 6.08 Å². The van der Waals surface area contributed by atoms with Gasteiger partial charge in [-0.25, -0.2) is 4.79 Å². The summed E-state index contributed by atoms with van der Waals surface area (Å²) in [6, 6.07) is 2.84. The van der Waals surface area contributed by atoms with Gasteiger partial charge >= 0.3 is 13.1 Å². The van der Waals surface area contributed by atoms with E-state index in [0.29, 0.717) is 11.2 Å². The van der Waals surface area contributed by atoms with Gasteiger partial charge in [0, 0.05) is 6.20 Å². The summed E-state index contributed by atoms with van der Waals surface area (Å²) in [6.45, 7) is 7.42. The molecular formula is C15H20BNO5. The molecule has 0 saturated carbocycles. The van der Waals surface area contributed by atoms with Gasteiger partial charge in [-0.2, -0.15) is 0 Å². The molecule has 6 nitrogen and oxygen atoms in total. The minimum absolute atomic E-state index is 0.132. The predicted molar refractivity (Wildman–Crippen MR) is 82.3 cm³/mol. The number of rotatable bonds is 4. The van der Waals surface area contributed by atoms with Gasteiger partial charge in [-0.1, -0.05) is 0 Å². The molecule has 2 N–H and O–H groups in total. The molecule has 1 saturated heterocycles. The van der Waals surface area contributed by atoms with E-state index in [4.69, 9.17) is 14.4 Å². The maximum Gasteiger partial charge on any atom is 0.492 e. The first-order valence-corrected chi connectivity index (χ1v) is 7.02. The smallest absolute Gasteiger partial charge is 0.478 e. The Labute approximate surface area is 129 Å². The van der Waals surface area contributed by atoms with Crippen LogP contribution in [0.5, 0.6) is 0 Å². The third kappa shape index (κ3) is 3.21. The maximum atomic E-state index is 11.0. The standard InChI is InChI=1S/C15H20BNO5/c1-14(2)15(3,4)22-16(21-14)11(9-18)8-12-7-10(13(19)20)5-6-17-12/h5-8,18H,9H2,1-4H3,(H,19,20). The number of aliphatic hydroxyl groups is 1. The normalized spacial score (nSPS) is 20.2. The SMILES string of the molecule is CC1(C)OB(C(=Cc2cc(C(=O)O)ccn2)CO)OC1(C)C. The molecule has 0 radical (unpaired) electrons. The Balaban J connectivity index is 2.29. The first-order valence-electron chi connectivity index (χ1n) is 7.02. The van der Waals surface area contributed by atoms with Crippen molar-refractivity contribution in [1.29, 1.82) is 0 Å². The van der Waals surface area contributed by atoms with Gasteiger partial charge in [0.05, 0.1) is 29.1 Å². The quantitative estimate of drug-likeness (QED) is 0.824. The van der Waals surface area contributed by atoms with Crippen LogP contribution in [0.2, 0.25) is 0 Å². The van der Waals surface area contributed by atoms with Crippen molar-refractivity contribution in [3.8, 4) is 0 Å². The van der Waals surface area contributed by atoms with E-state index in [1.54, 1.807) is 6.08 Å². The second-order valence-electron chi connectivity index (χ2n) is 6.24. The van der Waals surface area contributed by atoms with E-state index >= 15 is 0 Å². The Morgan fingerprint density at radius 2 is 1.91 bits per heavy atom. The Kier molecular flexibility index (Phi) is 4.42. The molecule has 0 atom stereocenters. The number of aromatic nitrogens is 1. The molecule has 22 heavy (non-hydrogen) atoms. The Hall–Kier alpha value is -1.70. The molecule has 0 amide bonds. The molecule has 0 aromatic carbocycles. The maximum absolute atomic E-state index is 11.0. The van der Waals surface area contributed by atoms with E-state index < -0.39 is 24.3 Å². The first kappa shape index (κ1) is 16.7. The molecule has 7 heteroatoms. The molecule has 1 aliphatic heterocycles. The monoisotopic (exact) mass is 305 g/mol. The van der Waals surface area contributed by atoms with E-state index in [2.05, 4.69) is 4.98 Å². The predicted octanol–water partition coefficient (Wildman–Crippen LogP) is 1.79. The second-order valence-corrected chi connectivity index (χ2v) is 6.24. The molecule has 0 bridgehead atoms. The summed E-state index contributed by atoms with van der Waals surface area (Å²) in [7, 11) is -0.690. The molecule has 1 aromatic heterocycles. The largest absolute Gasteiger partial charge is 0.492 e. The third-order valence-corrected chi connectivity index (χ3v) is 4.10. The highest BCUT2D eigenvalue weighted by Gasteiger charge is 2.52. The van der Waals surface area contributed by atoms with E-state index in [1.807, 2.05) is 27.7 Å². The van der Waals surface area contributed by atoms with Gasteiger partial charge in [-0.05, 0) is 51.4 Å². The molecule has 1 fully saturated rings. The molecule has 0 aliphatic carbocycles. The number of carbonyl (C=O) groups is 1. The molecule has 2 rings (SSSR count). The van der Waals surface area contributed by atoms with Crippen molar-refractivity contribution < 1.29 is 24.3 Å². The molecule has 2 heterocycles. The average Bonchev–Trinajstić information content (AvgIpc) is 2.65. The number of nitrogens with zero attached hydrogens (tertiary/aromatic N) is 1. The van der Waals surface area contributed by atoms with Gasteiger partial charge in [0.1, 0.15) is 0 Å². The van der Waals surface area contributed by atoms with E-state index in [1.165, 1.54) is 18.3 Å². The van der Waals surface area contributed by atoms with Crippen LogP contribution in [-0.4, -0.2) is 46.1 Å². The molecule has 1 aliphatic rings. The lowest BCUT2D eigenvalue weighted by Gasteiger charge is -2.32. The number of carboxylic acids is 1. The Morgan fingerprint density at radius 1 is 1.32 bits per heavy atom. The number of pyridine rings is 1. The number of carboxylic acid groups (broad SMARTS) is 1. The number of hydrogen-bond donors (Lipinski definition) is 2. The highest BCUT2D eigenvalue weighted by molar-refractivity contribution is 6.55. The van der Waals surface area contributed by atoms with Crippen molar-refractivity contribution in [2.24, 2.45) is 0 Å². The summed E-state index contributed by atoms with van der Waals surface area (Å²) in [5.74, 6) is -1.03. The van der Waals surface area contributed by atoms with Gasteiger partial charge < -0.3 is 19.5 Å². The molecule has 0 unspecified atom stereocenters. The fourth-order valence-electron chi connectivity index (χ4n) is 2.03. The van der Waals surface area contributed by atoms with Gasteiger partial charge in [0.25, 0.3) is 0 Å². The van der Waals surface area contributed by atoms with Gasteiger partial charge in [0.15, 0.2) is 0 Å². The molecule has 0 spiro atoms. The van der Waals surface area contributed by atoms with Crippen molar-refractivity contribution in [1.82, 2.24) is 4.98 Å². The van der Waals surface area contributed by atoms with E-state index in [0.717, 1.165) is 0 Å². The minimum Gasteiger partial charge on any atom is -0.478 e. The highest BCUT2D eigenvalue weighted by atomic mass is 16.7. The van der Waals surface area contributed by atoms with E-state index in [9.17, 15) is 9.90 Å². The minimum atomic E-state index is -1.03. The molecule has 118 valence electrons. The van der Waals surface area contributed by atoms with Gasteiger partial charge in [-0.3, -0.25) is 4.98 Å². The lowest BCUT2D eigenvalue weighted by atomic mass is 9.78. The molecule has 1 aromatic rings. The van der Waals surface area contributed by atoms with Crippen LogP contribution in [0.15, 0.2) is 23.8 Å². The zero-order valence-corrected chi connectivity index (χ0v) is 13.2. The summed E-state index contributed by atoms with van der Waals surface area (Å²) in [6.07, 6.45) is 3.00. The van der Waals surface area contributed by atoms with Crippen LogP contribution >= 0.6 is 0 Å². The van der Waals surface area contributed by atoms with E-state index in [-0.39, 0.29) is 12.2 Å². The van der Waals surface area contributed by atoms with Gasteiger partial charge in [-0.15, -0.1) is 0 Å². The Morgan fingerprint density at radius 3 is 2.41 bits per heavy atom. The van der Waals surface area contributed by atoms with Crippen molar-refractivity contribution in [3.63, 3.8) is 0 Å². The zero-order chi connectivity index (χ0) is 16.5. The highest BCUT2D eigenvalue weighted by Crippen LogP contribution is 2.38. The van der Waals surface area contributed by atoms with Crippen molar-refractivity contribution in [3.05, 3.63) is 35.1 Å². The molecular weight excluding hydrogens is 285 g/mol. The first-order chi connectivity index (χ1) is 10.2. The van der Waals surface area contributed by atoms with Crippen LogP contribution in [0.1, 0.15) is 43.7 Å². The van der Waals surface area contributed by atoms with Crippen LogP contribution in [0.4, 0.5) is 0 Å². The van der Waals surface area contributed by atoms with Gasteiger partial charge in [0.2, 0.25) is 0 Å². The topological polar surface area (TPSA) is 88.9 Å². The second kappa shape index (κ2) is 5.83. The lowest BCUT2D eigenvalue weighted by Crippen LogP contribution is -2.41. The summed E-state index contributed by atoms with van der Waals surface area (Å²) in [5, 5.41) is 18.6. The van der Waals surface area contributed by atoms with Crippen LogP contribution < -0.4 is 0 Å². The zero-order valence-electron chi connectivity index (χ0n) is 13.2. The number of hydrogen-bond acceptors (Lipinski definition) is 5. The summed E-state index contributed by atoms with van der Waals surface area (Å²) < 4.78 is 11.7. The van der Waals surface area contributed by atoms with Crippen LogP contribution in [0.3, 0.4) is 0 Å². The summed E-state index contributed by atoms with van der Waals surface area (Å²) in [5.41, 5.74) is 0.0321. The summed E-state index contributed by atoms with van der Waals surface area (Å²) in [4.78, 5) is 15.1. The number of aromatic carboxylic acids is 1. The Bertz CT molecular complexity index is 596. The fraction of sp³-hybridized carbons (Fsp3) is 0.467. The average molecular weight is 305 g/mol. The van der Waals surface area contributed by atoms with Crippen LogP contribution in [0, 0.1) is 0 Å².